The number of anilines is 2. The Morgan fingerprint density at radius 1 is 1.50 bits per heavy atom. The van der Waals surface area contributed by atoms with Crippen LogP contribution in [-0.2, 0) is 0 Å². The average molecular weight is 206 g/mol. The lowest BCUT2D eigenvalue weighted by atomic mass is 10.3. The molecule has 0 bridgehead atoms. The molecule has 0 spiro atoms. The van der Waals surface area contributed by atoms with Crippen LogP contribution >= 0.6 is 15.9 Å². The van der Waals surface area contributed by atoms with Gasteiger partial charge in [-0.3, -0.25) is 0 Å². The van der Waals surface area contributed by atoms with Crippen molar-refractivity contribution < 1.29 is 4.39 Å². The van der Waals surface area contributed by atoms with E-state index in [4.69, 9.17) is 11.5 Å². The molecule has 1 aromatic rings. The predicted octanol–water partition coefficient (Wildman–Crippen LogP) is 1.15. The molecule has 10 heavy (non-hydrogen) atoms. The lowest BCUT2D eigenvalue weighted by Gasteiger charge is -2.00. The number of hydrogen-bond donors (Lipinski definition) is 2. The summed E-state index contributed by atoms with van der Waals surface area (Å²) in [7, 11) is 0. The summed E-state index contributed by atoms with van der Waals surface area (Å²) >= 11 is 2.86. The molecule has 0 fully saturated rings. The van der Waals surface area contributed by atoms with Gasteiger partial charge in [0.25, 0.3) is 0 Å². The fourth-order valence-corrected chi connectivity index (χ4v) is 0.806. The van der Waals surface area contributed by atoms with Crippen LogP contribution in [0.1, 0.15) is 0 Å². The van der Waals surface area contributed by atoms with Crippen LogP contribution < -0.4 is 11.5 Å². The molecule has 4 N–H and O–H groups in total. The van der Waals surface area contributed by atoms with Gasteiger partial charge in [0.1, 0.15) is 4.60 Å². The van der Waals surface area contributed by atoms with Crippen LogP contribution in [0.25, 0.3) is 0 Å². The van der Waals surface area contributed by atoms with Gasteiger partial charge in [0.05, 0.1) is 17.6 Å². The number of halogens is 2. The lowest BCUT2D eigenvalue weighted by Crippen LogP contribution is -1.99. The van der Waals surface area contributed by atoms with E-state index in [1.165, 1.54) is 6.20 Å². The molecule has 0 aliphatic heterocycles. The molecule has 0 radical (unpaired) electrons. The molecule has 0 saturated carbocycles. The Bertz CT molecular complexity index is 236. The van der Waals surface area contributed by atoms with E-state index in [2.05, 4.69) is 20.9 Å². The fourth-order valence-electron chi connectivity index (χ4n) is 0.490. The van der Waals surface area contributed by atoms with Gasteiger partial charge in [-0.1, -0.05) is 0 Å². The first-order valence-corrected chi connectivity index (χ1v) is 3.27. The van der Waals surface area contributed by atoms with Gasteiger partial charge >= 0.3 is 0 Å². The zero-order valence-electron chi connectivity index (χ0n) is 4.94. The third-order valence-corrected chi connectivity index (χ3v) is 1.60. The number of rotatable bonds is 0. The highest BCUT2D eigenvalue weighted by molar-refractivity contribution is 9.10. The van der Waals surface area contributed by atoms with Gasteiger partial charge in [0.2, 0.25) is 0 Å². The maximum atomic E-state index is 12.7. The average Bonchev–Trinajstić information content (AvgIpc) is 1.93. The lowest BCUT2D eigenvalue weighted by molar-refractivity contribution is 0.618. The van der Waals surface area contributed by atoms with Crippen LogP contribution in [0.15, 0.2) is 10.8 Å². The van der Waals surface area contributed by atoms with Crippen LogP contribution in [-0.4, -0.2) is 4.98 Å². The SMILES string of the molecule is Nc1cnc(Br)c(F)c1N. The first kappa shape index (κ1) is 7.27. The summed E-state index contributed by atoms with van der Waals surface area (Å²) in [5.74, 6) is -0.611. The molecule has 1 rings (SSSR count). The van der Waals surface area contributed by atoms with Crippen molar-refractivity contribution in [1.29, 1.82) is 0 Å². The minimum absolute atomic E-state index is 0.0677. The molecule has 0 atom stereocenters. The number of hydrogen-bond acceptors (Lipinski definition) is 3. The Kier molecular flexibility index (Phi) is 1.76. The summed E-state index contributed by atoms with van der Waals surface area (Å²) in [6.07, 6.45) is 1.29. The summed E-state index contributed by atoms with van der Waals surface area (Å²) in [5.41, 5.74) is 10.5. The number of nitrogens with zero attached hydrogens (tertiary/aromatic N) is 1. The smallest absolute Gasteiger partial charge is 0.180 e. The molecular weight excluding hydrogens is 201 g/mol. The molecule has 1 aromatic heterocycles. The molecule has 0 saturated heterocycles. The van der Waals surface area contributed by atoms with E-state index in [1.807, 2.05) is 0 Å². The number of nitrogen functional groups attached to an aromatic ring is 2. The van der Waals surface area contributed by atoms with Crippen LogP contribution in [0.4, 0.5) is 15.8 Å². The summed E-state index contributed by atoms with van der Waals surface area (Å²) < 4.78 is 12.8. The molecule has 0 aliphatic rings. The Balaban J connectivity index is 3.34. The van der Waals surface area contributed by atoms with Crippen molar-refractivity contribution in [3.63, 3.8) is 0 Å². The van der Waals surface area contributed by atoms with Crippen LogP contribution in [0.2, 0.25) is 0 Å². The Hall–Kier alpha value is -0.840. The first-order valence-electron chi connectivity index (χ1n) is 2.48. The summed E-state index contributed by atoms with van der Waals surface area (Å²) in [6, 6.07) is 0. The van der Waals surface area contributed by atoms with Gasteiger partial charge in [0.15, 0.2) is 5.82 Å². The highest BCUT2D eigenvalue weighted by Crippen LogP contribution is 2.22. The second-order valence-electron chi connectivity index (χ2n) is 1.73. The van der Waals surface area contributed by atoms with E-state index < -0.39 is 5.82 Å². The second-order valence-corrected chi connectivity index (χ2v) is 2.48. The van der Waals surface area contributed by atoms with Crippen molar-refractivity contribution >= 4 is 27.3 Å². The second kappa shape index (κ2) is 2.42. The van der Waals surface area contributed by atoms with Gasteiger partial charge in [0, 0.05) is 0 Å². The molecule has 0 amide bonds. The van der Waals surface area contributed by atoms with E-state index in [0.717, 1.165) is 0 Å². The Labute approximate surface area is 65.4 Å². The summed E-state index contributed by atoms with van der Waals surface area (Å²) in [5, 5.41) is 0. The molecule has 5 heteroatoms. The third-order valence-electron chi connectivity index (χ3n) is 1.05. The minimum Gasteiger partial charge on any atom is -0.396 e. The zero-order chi connectivity index (χ0) is 7.72. The Morgan fingerprint density at radius 2 is 2.10 bits per heavy atom. The maximum Gasteiger partial charge on any atom is 0.180 e. The van der Waals surface area contributed by atoms with Crippen molar-refractivity contribution in [3.8, 4) is 0 Å². The van der Waals surface area contributed by atoms with Gasteiger partial charge in [-0.05, 0) is 15.9 Å². The Morgan fingerprint density at radius 3 is 2.60 bits per heavy atom. The third kappa shape index (κ3) is 1.04. The van der Waals surface area contributed by atoms with Crippen LogP contribution in [0.3, 0.4) is 0 Å². The van der Waals surface area contributed by atoms with E-state index in [1.54, 1.807) is 0 Å². The summed E-state index contributed by atoms with van der Waals surface area (Å²) in [6.45, 7) is 0. The minimum atomic E-state index is -0.611. The number of nitrogens with two attached hydrogens (primary N) is 2. The number of pyridine rings is 1. The standard InChI is InChI=1S/C5H5BrFN3/c6-5-3(7)4(9)2(8)1-10-5/h1H,8H2,(H2,9,10). The monoisotopic (exact) mass is 205 g/mol. The zero-order valence-corrected chi connectivity index (χ0v) is 6.52. The number of aromatic nitrogens is 1. The van der Waals surface area contributed by atoms with Crippen molar-refractivity contribution in [2.45, 2.75) is 0 Å². The maximum absolute atomic E-state index is 12.7. The molecule has 3 nitrogen and oxygen atoms in total. The van der Waals surface area contributed by atoms with Crippen LogP contribution in [0.5, 0.6) is 0 Å². The van der Waals surface area contributed by atoms with E-state index in [-0.39, 0.29) is 16.0 Å². The molecular formula is C5H5BrFN3. The highest BCUT2D eigenvalue weighted by Gasteiger charge is 2.06. The quantitative estimate of drug-likeness (QED) is 0.625. The topological polar surface area (TPSA) is 64.9 Å². The predicted molar refractivity (Wildman–Crippen MR) is 40.7 cm³/mol. The van der Waals surface area contributed by atoms with Crippen molar-refractivity contribution in [2.75, 3.05) is 11.5 Å². The molecule has 54 valence electrons. The van der Waals surface area contributed by atoms with Gasteiger partial charge in [-0.2, -0.15) is 0 Å². The van der Waals surface area contributed by atoms with E-state index in [0.29, 0.717) is 0 Å². The largest absolute Gasteiger partial charge is 0.396 e. The molecule has 0 aliphatic carbocycles. The van der Waals surface area contributed by atoms with E-state index in [9.17, 15) is 4.39 Å². The molecule has 0 unspecified atom stereocenters. The van der Waals surface area contributed by atoms with Crippen molar-refractivity contribution in [1.82, 2.24) is 4.98 Å². The van der Waals surface area contributed by atoms with Gasteiger partial charge in [-0.25, -0.2) is 9.37 Å². The highest BCUT2D eigenvalue weighted by atomic mass is 79.9. The van der Waals surface area contributed by atoms with E-state index >= 15 is 0 Å². The fraction of sp³-hybridized carbons (Fsp3) is 0. The van der Waals surface area contributed by atoms with Crippen molar-refractivity contribution in [2.24, 2.45) is 0 Å². The van der Waals surface area contributed by atoms with Crippen LogP contribution in [0, 0.1) is 5.82 Å². The molecule has 0 aromatic carbocycles. The van der Waals surface area contributed by atoms with Crippen molar-refractivity contribution in [3.05, 3.63) is 16.6 Å². The first-order chi connectivity index (χ1) is 4.63. The summed E-state index contributed by atoms with van der Waals surface area (Å²) in [4.78, 5) is 3.58. The van der Waals surface area contributed by atoms with Gasteiger partial charge in [-0.15, -0.1) is 0 Å². The normalized spacial score (nSPS) is 9.80. The van der Waals surface area contributed by atoms with Gasteiger partial charge < -0.3 is 11.5 Å². The molecule has 1 heterocycles.